The van der Waals surface area contributed by atoms with Gasteiger partial charge in [-0.25, -0.2) is 19.3 Å². The summed E-state index contributed by atoms with van der Waals surface area (Å²) in [4.78, 5) is 15.2. The maximum absolute atomic E-state index is 13.8. The van der Waals surface area contributed by atoms with E-state index in [1.54, 1.807) is 12.4 Å². The zero-order valence-electron chi connectivity index (χ0n) is 11.4. The Morgan fingerprint density at radius 1 is 1.29 bits per heavy atom. The molecule has 2 aromatic heterocycles. The minimum atomic E-state index is -0.370. The van der Waals surface area contributed by atoms with Crippen molar-refractivity contribution in [1.29, 1.82) is 0 Å². The Morgan fingerprint density at radius 2 is 2.19 bits per heavy atom. The highest BCUT2D eigenvalue weighted by molar-refractivity contribution is 5.81. The van der Waals surface area contributed by atoms with Crippen molar-refractivity contribution >= 4 is 17.0 Å². The van der Waals surface area contributed by atoms with E-state index < -0.39 is 0 Å². The molecule has 6 nitrogen and oxygen atoms in total. The minimum Gasteiger partial charge on any atom is -0.491 e. The van der Waals surface area contributed by atoms with Crippen LogP contribution in [0.2, 0.25) is 0 Å². The first-order valence-electron chi connectivity index (χ1n) is 6.57. The molecule has 0 unspecified atom stereocenters. The number of imidazole rings is 1. The SMILES string of the molecule is CCOc1ccc(CNc2ncnc3nc[nH]c23)cc1F. The third-order valence-corrected chi connectivity index (χ3v) is 2.98. The van der Waals surface area contributed by atoms with Gasteiger partial charge >= 0.3 is 0 Å². The molecule has 21 heavy (non-hydrogen) atoms. The van der Waals surface area contributed by atoms with Crippen LogP contribution >= 0.6 is 0 Å². The lowest BCUT2D eigenvalue weighted by atomic mass is 10.2. The molecule has 0 aliphatic rings. The molecule has 2 heterocycles. The van der Waals surface area contributed by atoms with Crippen molar-refractivity contribution in [3.8, 4) is 5.75 Å². The maximum atomic E-state index is 13.8. The molecule has 3 rings (SSSR count). The summed E-state index contributed by atoms with van der Waals surface area (Å²) in [5, 5.41) is 3.14. The Labute approximate surface area is 120 Å². The molecule has 0 fully saturated rings. The minimum absolute atomic E-state index is 0.263. The van der Waals surface area contributed by atoms with E-state index in [4.69, 9.17) is 4.74 Å². The number of aromatic amines is 1. The quantitative estimate of drug-likeness (QED) is 0.754. The summed E-state index contributed by atoms with van der Waals surface area (Å²) in [7, 11) is 0. The van der Waals surface area contributed by atoms with Gasteiger partial charge in [-0.3, -0.25) is 0 Å². The van der Waals surface area contributed by atoms with E-state index in [1.165, 1.54) is 12.4 Å². The highest BCUT2D eigenvalue weighted by atomic mass is 19.1. The average molecular weight is 287 g/mol. The monoisotopic (exact) mass is 287 g/mol. The number of halogens is 1. The van der Waals surface area contributed by atoms with Crippen molar-refractivity contribution in [3.63, 3.8) is 0 Å². The van der Waals surface area contributed by atoms with Gasteiger partial charge in [0.25, 0.3) is 0 Å². The van der Waals surface area contributed by atoms with Crippen LogP contribution in [0.5, 0.6) is 5.75 Å². The lowest BCUT2D eigenvalue weighted by Gasteiger charge is -2.08. The second-order valence-corrected chi connectivity index (χ2v) is 4.37. The van der Waals surface area contributed by atoms with Crippen molar-refractivity contribution in [2.24, 2.45) is 0 Å². The molecule has 0 bridgehead atoms. The predicted octanol–water partition coefficient (Wildman–Crippen LogP) is 2.50. The number of hydrogen-bond acceptors (Lipinski definition) is 5. The van der Waals surface area contributed by atoms with Crippen LogP contribution in [-0.4, -0.2) is 26.5 Å². The fourth-order valence-electron chi connectivity index (χ4n) is 2.01. The molecule has 1 aromatic carbocycles. The maximum Gasteiger partial charge on any atom is 0.182 e. The molecule has 0 radical (unpaired) electrons. The number of hydrogen-bond donors (Lipinski definition) is 2. The number of aromatic nitrogens is 4. The average Bonchev–Trinajstić information content (AvgIpc) is 2.97. The van der Waals surface area contributed by atoms with Gasteiger partial charge in [-0.15, -0.1) is 0 Å². The molecule has 108 valence electrons. The largest absolute Gasteiger partial charge is 0.491 e. The van der Waals surface area contributed by atoms with Crippen molar-refractivity contribution in [2.45, 2.75) is 13.5 Å². The van der Waals surface area contributed by atoms with Gasteiger partial charge in [0.15, 0.2) is 23.0 Å². The smallest absolute Gasteiger partial charge is 0.182 e. The number of benzene rings is 1. The summed E-state index contributed by atoms with van der Waals surface area (Å²) in [6, 6.07) is 4.89. The van der Waals surface area contributed by atoms with Gasteiger partial charge in [-0.2, -0.15) is 0 Å². The second-order valence-electron chi connectivity index (χ2n) is 4.37. The van der Waals surface area contributed by atoms with Gasteiger partial charge in [-0.1, -0.05) is 6.07 Å². The summed E-state index contributed by atoms with van der Waals surface area (Å²) >= 11 is 0. The third-order valence-electron chi connectivity index (χ3n) is 2.98. The first kappa shape index (κ1) is 13.3. The first-order chi connectivity index (χ1) is 10.3. The van der Waals surface area contributed by atoms with Crippen LogP contribution in [0, 0.1) is 5.82 Å². The van der Waals surface area contributed by atoms with Crippen LogP contribution in [-0.2, 0) is 6.54 Å². The van der Waals surface area contributed by atoms with E-state index in [2.05, 4.69) is 25.3 Å². The Morgan fingerprint density at radius 3 is 3.00 bits per heavy atom. The van der Waals surface area contributed by atoms with E-state index >= 15 is 0 Å². The Bertz CT molecular complexity index is 758. The molecular formula is C14H14FN5O. The van der Waals surface area contributed by atoms with Gasteiger partial charge < -0.3 is 15.0 Å². The molecule has 2 N–H and O–H groups in total. The fourth-order valence-corrected chi connectivity index (χ4v) is 2.01. The molecule has 3 aromatic rings. The van der Waals surface area contributed by atoms with E-state index in [1.807, 2.05) is 13.0 Å². The van der Waals surface area contributed by atoms with Gasteiger partial charge in [0.1, 0.15) is 11.8 Å². The topological polar surface area (TPSA) is 75.7 Å². The Hall–Kier alpha value is -2.70. The van der Waals surface area contributed by atoms with Gasteiger partial charge in [0.2, 0.25) is 0 Å². The van der Waals surface area contributed by atoms with Gasteiger partial charge in [0, 0.05) is 6.54 Å². The predicted molar refractivity (Wildman–Crippen MR) is 76.6 cm³/mol. The Balaban J connectivity index is 1.75. The summed E-state index contributed by atoms with van der Waals surface area (Å²) < 4.78 is 18.9. The van der Waals surface area contributed by atoms with Crippen molar-refractivity contribution in [2.75, 3.05) is 11.9 Å². The van der Waals surface area contributed by atoms with Crippen molar-refractivity contribution < 1.29 is 9.13 Å². The molecule has 0 spiro atoms. The number of nitrogens with one attached hydrogen (secondary N) is 2. The summed E-state index contributed by atoms with van der Waals surface area (Å²) in [6.45, 7) is 2.70. The highest BCUT2D eigenvalue weighted by Crippen LogP contribution is 2.20. The van der Waals surface area contributed by atoms with Crippen LogP contribution in [0.1, 0.15) is 12.5 Å². The number of anilines is 1. The number of H-pyrrole nitrogens is 1. The highest BCUT2D eigenvalue weighted by Gasteiger charge is 2.07. The second kappa shape index (κ2) is 5.74. The molecule has 0 atom stereocenters. The van der Waals surface area contributed by atoms with Gasteiger partial charge in [-0.05, 0) is 24.6 Å². The van der Waals surface area contributed by atoms with Gasteiger partial charge in [0.05, 0.1) is 12.9 Å². The van der Waals surface area contributed by atoms with Crippen molar-refractivity contribution in [1.82, 2.24) is 19.9 Å². The molecule has 0 saturated carbocycles. The van der Waals surface area contributed by atoms with Crippen LogP contribution in [0.3, 0.4) is 0 Å². The van der Waals surface area contributed by atoms with Crippen LogP contribution in [0.25, 0.3) is 11.2 Å². The molecule has 0 amide bonds. The molecule has 0 aliphatic carbocycles. The number of rotatable bonds is 5. The van der Waals surface area contributed by atoms with Crippen LogP contribution < -0.4 is 10.1 Å². The molecule has 0 saturated heterocycles. The summed E-state index contributed by atoms with van der Waals surface area (Å²) in [5.74, 6) is 0.525. The fraction of sp³-hybridized carbons (Fsp3) is 0.214. The lowest BCUT2D eigenvalue weighted by Crippen LogP contribution is -2.03. The van der Waals surface area contributed by atoms with E-state index in [-0.39, 0.29) is 11.6 Å². The normalized spacial score (nSPS) is 10.8. The third kappa shape index (κ3) is 2.76. The molecular weight excluding hydrogens is 273 g/mol. The Kier molecular flexibility index (Phi) is 3.63. The van der Waals surface area contributed by atoms with Crippen LogP contribution in [0.15, 0.2) is 30.9 Å². The summed E-state index contributed by atoms with van der Waals surface area (Å²) in [6.07, 6.45) is 2.99. The zero-order valence-corrected chi connectivity index (χ0v) is 11.4. The zero-order chi connectivity index (χ0) is 14.7. The van der Waals surface area contributed by atoms with Crippen molar-refractivity contribution in [3.05, 3.63) is 42.2 Å². The summed E-state index contributed by atoms with van der Waals surface area (Å²) in [5.41, 5.74) is 2.11. The van der Waals surface area contributed by atoms with Crippen LogP contribution in [0.4, 0.5) is 10.2 Å². The molecule has 0 aliphatic heterocycles. The molecule has 7 heteroatoms. The number of nitrogens with zero attached hydrogens (tertiary/aromatic N) is 3. The standard InChI is InChI=1S/C14H14FN5O/c1-2-21-11-4-3-9(5-10(11)15)6-16-13-12-14(18-7-17-12)20-8-19-13/h3-5,7-8H,2,6H2,1H3,(H2,16,17,18,19,20). The number of fused-ring (bicyclic) bond motifs is 1. The first-order valence-corrected chi connectivity index (χ1v) is 6.57. The van der Waals surface area contributed by atoms with E-state index in [0.29, 0.717) is 24.6 Å². The number of ether oxygens (including phenoxy) is 1. The van der Waals surface area contributed by atoms with E-state index in [0.717, 1.165) is 11.1 Å². The lowest BCUT2D eigenvalue weighted by molar-refractivity contribution is 0.321. The van der Waals surface area contributed by atoms with E-state index in [9.17, 15) is 4.39 Å².